The minimum Gasteiger partial charge on any atom is -0.383 e. The Morgan fingerprint density at radius 1 is 1.04 bits per heavy atom. The van der Waals surface area contributed by atoms with E-state index in [0.29, 0.717) is 38.3 Å². The van der Waals surface area contributed by atoms with Gasteiger partial charge in [-0.1, -0.05) is 13.8 Å². The van der Waals surface area contributed by atoms with Crippen molar-refractivity contribution in [2.24, 2.45) is 0 Å². The molecule has 0 aliphatic carbocycles. The molecule has 0 fully saturated rings. The lowest BCUT2D eigenvalue weighted by molar-refractivity contribution is 0.0680. The normalized spacial score (nSPS) is 11.6. The third-order valence-electron chi connectivity index (χ3n) is 4.42. The molecule has 2 rings (SSSR count). The Morgan fingerprint density at radius 2 is 1.64 bits per heavy atom. The van der Waals surface area contributed by atoms with Crippen molar-refractivity contribution in [3.8, 4) is 0 Å². The molecule has 7 nitrogen and oxygen atoms in total. The molecule has 1 aromatic heterocycles. The molecule has 0 N–H and O–H groups in total. The fraction of sp³-hybridized carbons (Fsp3) is 0.400. The van der Waals surface area contributed by atoms with E-state index >= 15 is 0 Å². The maximum absolute atomic E-state index is 13.0. The lowest BCUT2D eigenvalue weighted by Gasteiger charge is -2.23. The Bertz CT molecular complexity index is 851. The van der Waals surface area contributed by atoms with Gasteiger partial charge in [-0.3, -0.25) is 9.78 Å². The number of hydrogen-bond acceptors (Lipinski definition) is 5. The maximum atomic E-state index is 13.0. The minimum absolute atomic E-state index is 0.180. The van der Waals surface area contributed by atoms with Crippen molar-refractivity contribution in [3.05, 3.63) is 59.9 Å². The zero-order valence-electron chi connectivity index (χ0n) is 16.5. The van der Waals surface area contributed by atoms with Crippen LogP contribution in [0.25, 0.3) is 0 Å². The van der Waals surface area contributed by atoms with Crippen LogP contribution < -0.4 is 0 Å². The standard InChI is InChI=1S/C20H27N3O4S/c1-4-23(5-2)28(25,26)19-8-6-18(7-9-19)20(24)22(14-15-27-3)16-17-10-12-21-13-11-17/h6-13H,4-5,14-16H2,1-3H3. The highest BCUT2D eigenvalue weighted by Gasteiger charge is 2.22. The van der Waals surface area contributed by atoms with Crippen LogP contribution in [0.15, 0.2) is 53.7 Å². The Kier molecular flexibility index (Phi) is 8.10. The molecule has 1 amide bonds. The summed E-state index contributed by atoms with van der Waals surface area (Å²) in [5.74, 6) is -0.180. The Morgan fingerprint density at radius 3 is 2.18 bits per heavy atom. The first kappa shape index (κ1) is 22.0. The number of amides is 1. The van der Waals surface area contributed by atoms with Gasteiger partial charge in [0, 0.05) is 51.2 Å². The first-order chi connectivity index (χ1) is 13.4. The number of hydrogen-bond donors (Lipinski definition) is 0. The van der Waals surface area contributed by atoms with Crippen LogP contribution in [0.1, 0.15) is 29.8 Å². The van der Waals surface area contributed by atoms with E-state index < -0.39 is 10.0 Å². The predicted molar refractivity (Wildman–Crippen MR) is 107 cm³/mol. The van der Waals surface area contributed by atoms with E-state index in [0.717, 1.165) is 5.56 Å². The van der Waals surface area contributed by atoms with Gasteiger partial charge in [-0.2, -0.15) is 4.31 Å². The number of sulfonamides is 1. The fourth-order valence-electron chi connectivity index (χ4n) is 2.83. The molecule has 28 heavy (non-hydrogen) atoms. The SMILES string of the molecule is CCN(CC)S(=O)(=O)c1ccc(C(=O)N(CCOC)Cc2ccncc2)cc1. The molecule has 0 atom stereocenters. The van der Waals surface area contributed by atoms with E-state index in [4.69, 9.17) is 4.74 Å². The molecule has 0 spiro atoms. The molecule has 0 bridgehead atoms. The lowest BCUT2D eigenvalue weighted by atomic mass is 10.1. The number of ether oxygens (including phenoxy) is 1. The quantitative estimate of drug-likeness (QED) is 0.606. The Labute approximate surface area is 167 Å². The summed E-state index contributed by atoms with van der Waals surface area (Å²) >= 11 is 0. The summed E-state index contributed by atoms with van der Waals surface area (Å²) in [5.41, 5.74) is 1.39. The molecule has 0 aliphatic heterocycles. The number of aromatic nitrogens is 1. The van der Waals surface area contributed by atoms with Gasteiger partial charge in [0.1, 0.15) is 0 Å². The summed E-state index contributed by atoms with van der Waals surface area (Å²) in [6.45, 7) is 5.65. The molecular formula is C20H27N3O4S. The van der Waals surface area contributed by atoms with Crippen LogP contribution in [0.5, 0.6) is 0 Å². The number of rotatable bonds is 10. The Balaban J connectivity index is 2.22. The highest BCUT2D eigenvalue weighted by Crippen LogP contribution is 2.17. The molecule has 0 unspecified atom stereocenters. The van der Waals surface area contributed by atoms with Gasteiger partial charge in [-0.05, 0) is 42.0 Å². The van der Waals surface area contributed by atoms with Crippen molar-refractivity contribution in [2.75, 3.05) is 33.4 Å². The van der Waals surface area contributed by atoms with Crippen molar-refractivity contribution >= 4 is 15.9 Å². The maximum Gasteiger partial charge on any atom is 0.254 e. The van der Waals surface area contributed by atoms with Gasteiger partial charge in [-0.25, -0.2) is 8.42 Å². The van der Waals surface area contributed by atoms with E-state index in [1.807, 2.05) is 12.1 Å². The molecule has 0 saturated carbocycles. The molecule has 0 radical (unpaired) electrons. The van der Waals surface area contributed by atoms with Crippen LogP contribution in [0, 0.1) is 0 Å². The van der Waals surface area contributed by atoms with Crippen molar-refractivity contribution in [3.63, 3.8) is 0 Å². The van der Waals surface area contributed by atoms with Crippen molar-refractivity contribution in [1.29, 1.82) is 0 Å². The van der Waals surface area contributed by atoms with Gasteiger partial charge in [0.2, 0.25) is 10.0 Å². The number of nitrogens with zero attached hydrogens (tertiary/aromatic N) is 3. The number of methoxy groups -OCH3 is 1. The highest BCUT2D eigenvalue weighted by molar-refractivity contribution is 7.89. The smallest absolute Gasteiger partial charge is 0.254 e. The van der Waals surface area contributed by atoms with Crippen molar-refractivity contribution in [1.82, 2.24) is 14.2 Å². The summed E-state index contributed by atoms with van der Waals surface area (Å²) in [6.07, 6.45) is 3.36. The molecule has 152 valence electrons. The molecule has 0 aliphatic rings. The van der Waals surface area contributed by atoms with Gasteiger partial charge >= 0.3 is 0 Å². The molecule has 1 aromatic carbocycles. The van der Waals surface area contributed by atoms with Gasteiger partial charge in [-0.15, -0.1) is 0 Å². The molecule has 2 aromatic rings. The predicted octanol–water partition coefficient (Wildman–Crippen LogP) is 2.40. The second-order valence-corrected chi connectivity index (χ2v) is 8.13. The van der Waals surface area contributed by atoms with E-state index in [1.54, 1.807) is 50.4 Å². The second-order valence-electron chi connectivity index (χ2n) is 6.19. The van der Waals surface area contributed by atoms with Gasteiger partial charge in [0.25, 0.3) is 5.91 Å². The average Bonchev–Trinajstić information content (AvgIpc) is 2.72. The monoisotopic (exact) mass is 405 g/mol. The van der Waals surface area contributed by atoms with Gasteiger partial charge < -0.3 is 9.64 Å². The van der Waals surface area contributed by atoms with E-state index in [2.05, 4.69) is 4.98 Å². The summed E-state index contributed by atoms with van der Waals surface area (Å²) in [5, 5.41) is 0. The van der Waals surface area contributed by atoms with E-state index in [1.165, 1.54) is 16.4 Å². The van der Waals surface area contributed by atoms with Crippen molar-refractivity contribution in [2.45, 2.75) is 25.3 Å². The molecular weight excluding hydrogens is 378 g/mol. The molecule has 8 heteroatoms. The largest absolute Gasteiger partial charge is 0.383 e. The first-order valence-corrected chi connectivity index (χ1v) is 10.6. The van der Waals surface area contributed by atoms with Crippen LogP contribution in [0.4, 0.5) is 0 Å². The summed E-state index contributed by atoms with van der Waals surface area (Å²) in [4.78, 5) is 18.8. The van der Waals surface area contributed by atoms with E-state index in [-0.39, 0.29) is 10.8 Å². The number of carbonyl (C=O) groups excluding carboxylic acids is 1. The first-order valence-electron chi connectivity index (χ1n) is 9.21. The minimum atomic E-state index is -3.55. The van der Waals surface area contributed by atoms with Crippen LogP contribution in [0.3, 0.4) is 0 Å². The average molecular weight is 406 g/mol. The number of pyridine rings is 1. The molecule has 1 heterocycles. The second kappa shape index (κ2) is 10.3. The Hall–Kier alpha value is -2.29. The fourth-order valence-corrected chi connectivity index (χ4v) is 4.29. The lowest BCUT2D eigenvalue weighted by Crippen LogP contribution is -2.33. The van der Waals surface area contributed by atoms with Crippen LogP contribution in [-0.2, 0) is 21.3 Å². The summed E-state index contributed by atoms with van der Waals surface area (Å²) in [6, 6.07) is 9.81. The molecule has 0 saturated heterocycles. The van der Waals surface area contributed by atoms with E-state index in [9.17, 15) is 13.2 Å². The number of carbonyl (C=O) groups is 1. The third kappa shape index (κ3) is 5.37. The van der Waals surface area contributed by atoms with Crippen LogP contribution in [-0.4, -0.2) is 61.9 Å². The zero-order chi connectivity index (χ0) is 20.6. The topological polar surface area (TPSA) is 79.8 Å². The van der Waals surface area contributed by atoms with Crippen LogP contribution >= 0.6 is 0 Å². The highest BCUT2D eigenvalue weighted by atomic mass is 32.2. The third-order valence-corrected chi connectivity index (χ3v) is 6.48. The zero-order valence-corrected chi connectivity index (χ0v) is 17.4. The number of benzene rings is 1. The van der Waals surface area contributed by atoms with Gasteiger partial charge in [0.05, 0.1) is 11.5 Å². The van der Waals surface area contributed by atoms with Gasteiger partial charge in [0.15, 0.2) is 0 Å². The van der Waals surface area contributed by atoms with Crippen LogP contribution in [0.2, 0.25) is 0 Å². The summed E-state index contributed by atoms with van der Waals surface area (Å²) in [7, 11) is -1.96. The summed E-state index contributed by atoms with van der Waals surface area (Å²) < 4.78 is 31.7. The van der Waals surface area contributed by atoms with Crippen molar-refractivity contribution < 1.29 is 17.9 Å².